The van der Waals surface area contributed by atoms with Crippen LogP contribution in [0.4, 0.5) is 0 Å². The van der Waals surface area contributed by atoms with Gasteiger partial charge < -0.3 is 14.6 Å². The van der Waals surface area contributed by atoms with E-state index in [2.05, 4.69) is 10.3 Å². The van der Waals surface area contributed by atoms with Gasteiger partial charge in [-0.1, -0.05) is 47.1 Å². The summed E-state index contributed by atoms with van der Waals surface area (Å²) in [6.07, 6.45) is 5.67. The third-order valence-electron chi connectivity index (χ3n) is 3.41. The van der Waals surface area contributed by atoms with Crippen molar-refractivity contribution in [3.63, 3.8) is 0 Å². The van der Waals surface area contributed by atoms with Gasteiger partial charge in [-0.25, -0.2) is 4.98 Å². The van der Waals surface area contributed by atoms with Crippen molar-refractivity contribution in [3.05, 3.63) is 58.5 Å². The van der Waals surface area contributed by atoms with Gasteiger partial charge in [-0.05, 0) is 24.3 Å². The molecular weight excluding hydrogens is 341 g/mol. The predicted molar refractivity (Wildman–Crippen MR) is 89.5 cm³/mol. The molecule has 3 heterocycles. The van der Waals surface area contributed by atoms with Gasteiger partial charge >= 0.3 is 0 Å². The standard InChI is InChI=1S/C15H11Cl2N3OS/c16-9-5-6-13-18-11(14(17)20(13)7-9)8-22-15-19-10-3-1-2-4-12(10)21-15/h1-7,13,18H,8H2. The predicted octanol–water partition coefficient (Wildman–Crippen LogP) is 4.21. The molecule has 2 aromatic rings. The number of allylic oxidation sites excluding steroid dienone is 2. The van der Waals surface area contributed by atoms with E-state index in [4.69, 9.17) is 27.6 Å². The molecule has 2 aliphatic rings. The summed E-state index contributed by atoms with van der Waals surface area (Å²) < 4.78 is 5.70. The summed E-state index contributed by atoms with van der Waals surface area (Å²) in [5.41, 5.74) is 2.59. The number of halogens is 2. The largest absolute Gasteiger partial charge is 0.431 e. The van der Waals surface area contributed by atoms with E-state index < -0.39 is 0 Å². The number of nitrogens with one attached hydrogen (secondary N) is 1. The van der Waals surface area contributed by atoms with Crippen LogP contribution >= 0.6 is 35.0 Å². The van der Waals surface area contributed by atoms with E-state index in [1.807, 2.05) is 47.5 Å². The van der Waals surface area contributed by atoms with Crippen LogP contribution in [0.25, 0.3) is 11.1 Å². The maximum Gasteiger partial charge on any atom is 0.257 e. The maximum atomic E-state index is 6.40. The number of oxazole rings is 1. The SMILES string of the molecule is ClC1=CN2C(Cl)=C(CSc3nc4ccccc4o3)NC2C=C1. The Morgan fingerprint density at radius 3 is 3.05 bits per heavy atom. The number of aromatic nitrogens is 1. The number of fused-ring (bicyclic) bond motifs is 2. The number of benzene rings is 1. The van der Waals surface area contributed by atoms with Gasteiger partial charge in [-0.2, -0.15) is 0 Å². The monoisotopic (exact) mass is 351 g/mol. The molecule has 0 spiro atoms. The first-order chi connectivity index (χ1) is 10.7. The van der Waals surface area contributed by atoms with Crippen molar-refractivity contribution in [3.8, 4) is 0 Å². The quantitative estimate of drug-likeness (QED) is 0.662. The molecule has 112 valence electrons. The molecule has 1 aromatic heterocycles. The van der Waals surface area contributed by atoms with Crippen LogP contribution in [0.5, 0.6) is 0 Å². The van der Waals surface area contributed by atoms with Crippen molar-refractivity contribution in [2.45, 2.75) is 11.4 Å². The highest BCUT2D eigenvalue weighted by Gasteiger charge is 2.29. The summed E-state index contributed by atoms with van der Waals surface area (Å²) in [5, 5.41) is 5.30. The molecule has 2 aliphatic heterocycles. The van der Waals surface area contributed by atoms with Crippen molar-refractivity contribution in [2.24, 2.45) is 0 Å². The molecule has 1 unspecified atom stereocenters. The average Bonchev–Trinajstić information content (AvgIpc) is 3.07. The number of rotatable bonds is 3. The Morgan fingerprint density at radius 1 is 1.32 bits per heavy atom. The second-order valence-electron chi connectivity index (χ2n) is 4.88. The van der Waals surface area contributed by atoms with Crippen LogP contribution in [0.15, 0.2) is 68.1 Å². The molecule has 0 saturated carbocycles. The molecule has 0 bridgehead atoms. The molecular formula is C15H11Cl2N3OS. The van der Waals surface area contributed by atoms with Gasteiger partial charge in [0.25, 0.3) is 5.22 Å². The Hall–Kier alpha value is -1.56. The van der Waals surface area contributed by atoms with E-state index in [0.717, 1.165) is 16.8 Å². The minimum atomic E-state index is 0.0224. The third-order valence-corrected chi connectivity index (χ3v) is 4.91. The van der Waals surface area contributed by atoms with E-state index in [1.165, 1.54) is 11.8 Å². The van der Waals surface area contributed by atoms with Gasteiger partial charge in [0.15, 0.2) is 5.58 Å². The molecule has 0 saturated heterocycles. The number of hydrogen-bond donors (Lipinski definition) is 1. The average molecular weight is 352 g/mol. The lowest BCUT2D eigenvalue weighted by Gasteiger charge is -2.23. The lowest BCUT2D eigenvalue weighted by Crippen LogP contribution is -2.33. The van der Waals surface area contributed by atoms with Gasteiger partial charge in [0.05, 0.1) is 10.7 Å². The highest BCUT2D eigenvalue weighted by Crippen LogP contribution is 2.32. The fraction of sp³-hybridized carbons (Fsp3) is 0.133. The fourth-order valence-electron chi connectivity index (χ4n) is 2.37. The first-order valence-corrected chi connectivity index (χ1v) is 8.42. The van der Waals surface area contributed by atoms with Gasteiger partial charge in [-0.3, -0.25) is 0 Å². The lowest BCUT2D eigenvalue weighted by molar-refractivity contribution is 0.415. The third kappa shape index (κ3) is 2.49. The number of para-hydroxylation sites is 2. The van der Waals surface area contributed by atoms with Crippen LogP contribution < -0.4 is 5.32 Å². The van der Waals surface area contributed by atoms with E-state index in [9.17, 15) is 0 Å². The van der Waals surface area contributed by atoms with Crippen LogP contribution in [0.3, 0.4) is 0 Å². The number of hydrogen-bond acceptors (Lipinski definition) is 5. The van der Waals surface area contributed by atoms with Crippen molar-refractivity contribution < 1.29 is 4.42 Å². The minimum Gasteiger partial charge on any atom is -0.431 e. The maximum absolute atomic E-state index is 6.40. The van der Waals surface area contributed by atoms with E-state index >= 15 is 0 Å². The molecule has 0 amide bonds. The highest BCUT2D eigenvalue weighted by atomic mass is 35.5. The van der Waals surface area contributed by atoms with E-state index in [1.54, 1.807) is 0 Å². The summed E-state index contributed by atoms with van der Waals surface area (Å²) in [5.74, 6) is 0.651. The van der Waals surface area contributed by atoms with Crippen LogP contribution in [-0.4, -0.2) is 21.8 Å². The first kappa shape index (κ1) is 14.1. The summed E-state index contributed by atoms with van der Waals surface area (Å²) in [7, 11) is 0. The van der Waals surface area contributed by atoms with Crippen LogP contribution in [0.2, 0.25) is 0 Å². The van der Waals surface area contributed by atoms with Gasteiger partial charge in [0, 0.05) is 12.0 Å². The molecule has 1 N–H and O–H groups in total. The molecule has 4 rings (SSSR count). The number of nitrogens with zero attached hydrogens (tertiary/aromatic N) is 2. The Balaban J connectivity index is 1.51. The van der Waals surface area contributed by atoms with E-state index in [0.29, 0.717) is 21.2 Å². The second kappa shape index (κ2) is 5.57. The van der Waals surface area contributed by atoms with E-state index in [-0.39, 0.29) is 6.17 Å². The van der Waals surface area contributed by atoms with Crippen LogP contribution in [0, 0.1) is 0 Å². The Labute approximate surface area is 141 Å². The van der Waals surface area contributed by atoms with Crippen molar-refractivity contribution in [2.75, 3.05) is 5.75 Å². The molecule has 0 aliphatic carbocycles. The van der Waals surface area contributed by atoms with Crippen molar-refractivity contribution >= 4 is 46.1 Å². The van der Waals surface area contributed by atoms with Gasteiger partial charge in [-0.15, -0.1) is 0 Å². The molecule has 7 heteroatoms. The second-order valence-corrected chi connectivity index (χ2v) is 6.60. The van der Waals surface area contributed by atoms with Crippen LogP contribution in [-0.2, 0) is 0 Å². The zero-order valence-electron chi connectivity index (χ0n) is 11.3. The zero-order chi connectivity index (χ0) is 15.1. The topological polar surface area (TPSA) is 41.3 Å². The van der Waals surface area contributed by atoms with Gasteiger partial charge in [0.1, 0.15) is 16.8 Å². The lowest BCUT2D eigenvalue weighted by atomic mass is 10.3. The first-order valence-electron chi connectivity index (χ1n) is 6.68. The summed E-state index contributed by atoms with van der Waals surface area (Å²) in [6.45, 7) is 0. The Kier molecular flexibility index (Phi) is 3.56. The fourth-order valence-corrected chi connectivity index (χ4v) is 3.70. The zero-order valence-corrected chi connectivity index (χ0v) is 13.6. The summed E-state index contributed by atoms with van der Waals surface area (Å²) in [6, 6.07) is 7.71. The molecule has 0 fully saturated rings. The number of thioether (sulfide) groups is 1. The molecule has 1 atom stereocenters. The minimum absolute atomic E-state index is 0.0224. The summed E-state index contributed by atoms with van der Waals surface area (Å²) in [4.78, 5) is 6.35. The molecule has 1 aromatic carbocycles. The normalized spacial score (nSPS) is 20.4. The van der Waals surface area contributed by atoms with Gasteiger partial charge in [0.2, 0.25) is 0 Å². The highest BCUT2D eigenvalue weighted by molar-refractivity contribution is 7.99. The smallest absolute Gasteiger partial charge is 0.257 e. The Morgan fingerprint density at radius 2 is 2.18 bits per heavy atom. The van der Waals surface area contributed by atoms with Crippen LogP contribution in [0.1, 0.15) is 0 Å². The molecule has 22 heavy (non-hydrogen) atoms. The summed E-state index contributed by atoms with van der Waals surface area (Å²) >= 11 is 13.9. The molecule has 4 nitrogen and oxygen atoms in total. The van der Waals surface area contributed by atoms with Crippen molar-refractivity contribution in [1.82, 2.24) is 15.2 Å². The molecule has 0 radical (unpaired) electrons. The van der Waals surface area contributed by atoms with Crippen molar-refractivity contribution in [1.29, 1.82) is 0 Å². The Bertz CT molecular complexity index is 794.